The van der Waals surface area contributed by atoms with E-state index in [4.69, 9.17) is 11.0 Å². The maximum absolute atomic E-state index is 9.07. The molecule has 20 heavy (non-hydrogen) atoms. The molecule has 0 fully saturated rings. The minimum atomic E-state index is 0.0190. The Morgan fingerprint density at radius 1 is 1.30 bits per heavy atom. The van der Waals surface area contributed by atoms with Gasteiger partial charge in [0.1, 0.15) is 0 Å². The monoisotopic (exact) mass is 273 g/mol. The van der Waals surface area contributed by atoms with Crippen LogP contribution < -0.4 is 5.73 Å². The summed E-state index contributed by atoms with van der Waals surface area (Å²) in [6.45, 7) is 10.0. The molecule has 0 aliphatic rings. The average molecular weight is 273 g/mol. The van der Waals surface area contributed by atoms with Crippen LogP contribution in [0, 0.1) is 24.2 Å². The summed E-state index contributed by atoms with van der Waals surface area (Å²) in [5, 5.41) is 9.07. The van der Waals surface area contributed by atoms with E-state index in [2.05, 4.69) is 56.0 Å². The summed E-state index contributed by atoms with van der Waals surface area (Å²) in [6, 6.07) is 11.0. The van der Waals surface area contributed by atoms with E-state index in [1.807, 2.05) is 6.92 Å². The van der Waals surface area contributed by atoms with Crippen LogP contribution in [0.1, 0.15) is 44.4 Å². The van der Waals surface area contributed by atoms with Crippen molar-refractivity contribution in [1.29, 1.82) is 5.26 Å². The van der Waals surface area contributed by atoms with E-state index >= 15 is 0 Å². The fourth-order valence-corrected chi connectivity index (χ4v) is 2.67. The molecule has 3 heteroatoms. The smallest absolute Gasteiger partial charge is 0.0666 e. The van der Waals surface area contributed by atoms with Gasteiger partial charge in [-0.2, -0.15) is 5.26 Å². The Bertz CT molecular complexity index is 450. The number of aryl methyl sites for hydroxylation is 1. The second-order valence-corrected chi connectivity index (χ2v) is 5.49. The summed E-state index contributed by atoms with van der Waals surface area (Å²) in [6.07, 6.45) is 0.927. The summed E-state index contributed by atoms with van der Waals surface area (Å²) in [7, 11) is 0. The molecule has 0 amide bonds. The molecule has 1 rings (SSSR count). The highest BCUT2D eigenvalue weighted by Gasteiger charge is 2.26. The molecule has 0 spiro atoms. The number of benzene rings is 1. The van der Waals surface area contributed by atoms with Crippen LogP contribution in [0.15, 0.2) is 24.3 Å². The second kappa shape index (κ2) is 8.04. The summed E-state index contributed by atoms with van der Waals surface area (Å²) in [5.74, 6) is 0.0190. The van der Waals surface area contributed by atoms with Gasteiger partial charge in [-0.1, -0.05) is 38.1 Å². The van der Waals surface area contributed by atoms with Gasteiger partial charge in [0.2, 0.25) is 0 Å². The molecular formula is C17H27N3. The number of nitrogens with two attached hydrogens (primary N) is 1. The Morgan fingerprint density at radius 2 is 1.95 bits per heavy atom. The molecule has 0 aliphatic carbocycles. The molecule has 0 bridgehead atoms. The number of likely N-dealkylation sites (N-methyl/N-ethyl adjacent to an activating group) is 1. The maximum Gasteiger partial charge on any atom is 0.0666 e. The van der Waals surface area contributed by atoms with Crippen molar-refractivity contribution in [3.8, 4) is 6.07 Å². The number of nitriles is 1. The zero-order chi connectivity index (χ0) is 15.1. The van der Waals surface area contributed by atoms with E-state index in [1.165, 1.54) is 11.1 Å². The minimum absolute atomic E-state index is 0.0190. The standard InChI is InChI=1S/C17H27N3/c1-5-16(19)17(15-10-8-7-9-14(15)4)20(6-2)12-13(3)11-18/h7-10,13,16-17H,5-6,12,19H2,1-4H3. The van der Waals surface area contributed by atoms with Gasteiger partial charge in [0.05, 0.1) is 18.0 Å². The lowest BCUT2D eigenvalue weighted by atomic mass is 9.92. The molecule has 110 valence electrons. The topological polar surface area (TPSA) is 53.0 Å². The van der Waals surface area contributed by atoms with Gasteiger partial charge < -0.3 is 5.73 Å². The van der Waals surface area contributed by atoms with E-state index in [9.17, 15) is 0 Å². The summed E-state index contributed by atoms with van der Waals surface area (Å²) in [4.78, 5) is 2.34. The van der Waals surface area contributed by atoms with Crippen molar-refractivity contribution in [3.63, 3.8) is 0 Å². The van der Waals surface area contributed by atoms with Crippen LogP contribution in [0.4, 0.5) is 0 Å². The highest BCUT2D eigenvalue weighted by molar-refractivity contribution is 5.30. The van der Waals surface area contributed by atoms with E-state index in [-0.39, 0.29) is 18.0 Å². The quantitative estimate of drug-likeness (QED) is 0.829. The molecule has 0 radical (unpaired) electrons. The van der Waals surface area contributed by atoms with Gasteiger partial charge in [0.15, 0.2) is 0 Å². The van der Waals surface area contributed by atoms with Crippen LogP contribution in [-0.2, 0) is 0 Å². The summed E-state index contributed by atoms with van der Waals surface area (Å²) >= 11 is 0. The predicted molar refractivity (Wildman–Crippen MR) is 84.2 cm³/mol. The lowest BCUT2D eigenvalue weighted by molar-refractivity contribution is 0.165. The Morgan fingerprint density at radius 3 is 2.45 bits per heavy atom. The molecule has 3 atom stereocenters. The van der Waals surface area contributed by atoms with E-state index in [0.717, 1.165) is 19.5 Å². The van der Waals surface area contributed by atoms with Crippen molar-refractivity contribution in [3.05, 3.63) is 35.4 Å². The maximum atomic E-state index is 9.07. The number of hydrogen-bond donors (Lipinski definition) is 1. The fraction of sp³-hybridized carbons (Fsp3) is 0.588. The number of hydrogen-bond acceptors (Lipinski definition) is 3. The molecular weight excluding hydrogens is 246 g/mol. The van der Waals surface area contributed by atoms with Gasteiger partial charge in [-0.05, 0) is 37.9 Å². The molecule has 0 aromatic heterocycles. The lowest BCUT2D eigenvalue weighted by Gasteiger charge is -2.36. The first kappa shape index (κ1) is 16.7. The molecule has 3 nitrogen and oxygen atoms in total. The zero-order valence-corrected chi connectivity index (χ0v) is 13.1. The Hall–Kier alpha value is -1.37. The number of rotatable bonds is 7. The normalized spacial score (nSPS) is 15.7. The van der Waals surface area contributed by atoms with E-state index in [0.29, 0.717) is 0 Å². The Kier molecular flexibility index (Phi) is 6.70. The van der Waals surface area contributed by atoms with E-state index in [1.54, 1.807) is 0 Å². The molecule has 3 unspecified atom stereocenters. The molecule has 0 heterocycles. The minimum Gasteiger partial charge on any atom is -0.326 e. The van der Waals surface area contributed by atoms with Crippen molar-refractivity contribution in [2.45, 2.75) is 46.2 Å². The first-order chi connectivity index (χ1) is 9.54. The van der Waals surface area contributed by atoms with Gasteiger partial charge in [-0.25, -0.2) is 0 Å². The van der Waals surface area contributed by atoms with Gasteiger partial charge in [0, 0.05) is 12.6 Å². The van der Waals surface area contributed by atoms with Crippen LogP contribution in [0.5, 0.6) is 0 Å². The predicted octanol–water partition coefficient (Wildman–Crippen LogP) is 3.26. The highest BCUT2D eigenvalue weighted by Crippen LogP contribution is 2.28. The van der Waals surface area contributed by atoms with Crippen molar-refractivity contribution >= 4 is 0 Å². The molecule has 0 aliphatic heterocycles. The number of nitrogens with zero attached hydrogens (tertiary/aromatic N) is 2. The molecule has 1 aromatic carbocycles. The third kappa shape index (κ3) is 4.06. The summed E-state index contributed by atoms with van der Waals surface area (Å²) < 4.78 is 0. The van der Waals surface area contributed by atoms with Crippen molar-refractivity contribution in [1.82, 2.24) is 4.90 Å². The van der Waals surface area contributed by atoms with Crippen molar-refractivity contribution in [2.75, 3.05) is 13.1 Å². The third-order valence-corrected chi connectivity index (χ3v) is 3.91. The molecule has 0 saturated carbocycles. The molecule has 0 saturated heterocycles. The lowest BCUT2D eigenvalue weighted by Crippen LogP contribution is -2.42. The van der Waals surface area contributed by atoms with Crippen LogP contribution in [0.2, 0.25) is 0 Å². The fourth-order valence-electron chi connectivity index (χ4n) is 2.67. The van der Waals surface area contributed by atoms with Gasteiger partial charge in [0.25, 0.3) is 0 Å². The van der Waals surface area contributed by atoms with Gasteiger partial charge in [-0.3, -0.25) is 4.90 Å². The Balaban J connectivity index is 3.11. The SMILES string of the molecule is CCC(N)C(c1ccccc1C)N(CC)CC(C)C#N. The summed E-state index contributed by atoms with van der Waals surface area (Å²) in [5.41, 5.74) is 8.94. The van der Waals surface area contributed by atoms with Crippen molar-refractivity contribution < 1.29 is 0 Å². The van der Waals surface area contributed by atoms with Crippen LogP contribution >= 0.6 is 0 Å². The largest absolute Gasteiger partial charge is 0.326 e. The third-order valence-electron chi connectivity index (χ3n) is 3.91. The highest BCUT2D eigenvalue weighted by atomic mass is 15.2. The molecule has 1 aromatic rings. The van der Waals surface area contributed by atoms with Crippen molar-refractivity contribution in [2.24, 2.45) is 11.7 Å². The van der Waals surface area contributed by atoms with Crippen LogP contribution in [0.25, 0.3) is 0 Å². The first-order valence-corrected chi connectivity index (χ1v) is 7.49. The molecule has 2 N–H and O–H groups in total. The van der Waals surface area contributed by atoms with E-state index < -0.39 is 0 Å². The van der Waals surface area contributed by atoms with Gasteiger partial charge in [-0.15, -0.1) is 0 Å². The second-order valence-electron chi connectivity index (χ2n) is 5.49. The van der Waals surface area contributed by atoms with Crippen LogP contribution in [-0.4, -0.2) is 24.0 Å². The first-order valence-electron chi connectivity index (χ1n) is 7.49. The van der Waals surface area contributed by atoms with Crippen LogP contribution in [0.3, 0.4) is 0 Å². The Labute approximate surface area is 123 Å². The van der Waals surface area contributed by atoms with Gasteiger partial charge >= 0.3 is 0 Å². The zero-order valence-electron chi connectivity index (χ0n) is 13.1. The average Bonchev–Trinajstić information content (AvgIpc) is 2.47.